The second kappa shape index (κ2) is 9.50. The highest BCUT2D eigenvalue weighted by Gasteiger charge is 2.18. The molecule has 0 saturated carbocycles. The molecule has 33 heavy (non-hydrogen) atoms. The molecule has 0 aliphatic heterocycles. The smallest absolute Gasteiger partial charge is 0.266 e. The summed E-state index contributed by atoms with van der Waals surface area (Å²) in [6.07, 6.45) is 1.54. The number of aromatic nitrogens is 1. The molecule has 1 heterocycles. The number of halogens is 3. The second-order valence-electron chi connectivity index (χ2n) is 7.42. The van der Waals surface area contributed by atoms with Crippen molar-refractivity contribution in [3.8, 4) is 6.07 Å². The average Bonchev–Trinajstić information content (AvgIpc) is 3.07. The van der Waals surface area contributed by atoms with Gasteiger partial charge in [-0.2, -0.15) is 5.26 Å². The number of para-hydroxylation sites is 1. The molecule has 0 spiro atoms. The summed E-state index contributed by atoms with van der Waals surface area (Å²) in [5.74, 6) is -0.894. The standard InChI is InChI=1S/C26H18Cl2FN3O/c1-16-20(13-18(14-30)26(33)31-23-11-6-9-21(27)25(23)28)19-8-3-5-12-24(19)32(16)15-17-7-2-4-10-22(17)29/h2-13H,15H2,1H3,(H,31,33)/b18-13-. The van der Waals surface area contributed by atoms with Gasteiger partial charge in [-0.25, -0.2) is 4.39 Å². The highest BCUT2D eigenvalue weighted by Crippen LogP contribution is 2.31. The normalized spacial score (nSPS) is 11.4. The molecule has 1 aromatic heterocycles. The first-order valence-corrected chi connectivity index (χ1v) is 10.8. The quantitative estimate of drug-likeness (QED) is 0.248. The van der Waals surface area contributed by atoms with Crippen molar-refractivity contribution >= 4 is 51.8 Å². The molecule has 0 radical (unpaired) electrons. The SMILES string of the molecule is Cc1c(/C=C(/C#N)C(=O)Nc2cccc(Cl)c2Cl)c2ccccc2n1Cc1ccccc1F. The topological polar surface area (TPSA) is 57.8 Å². The van der Waals surface area contributed by atoms with Gasteiger partial charge in [0.25, 0.3) is 5.91 Å². The fourth-order valence-corrected chi connectivity index (χ4v) is 4.07. The lowest BCUT2D eigenvalue weighted by Gasteiger charge is -2.10. The van der Waals surface area contributed by atoms with Crippen molar-refractivity contribution in [2.45, 2.75) is 13.5 Å². The van der Waals surface area contributed by atoms with E-state index in [1.807, 2.05) is 41.8 Å². The van der Waals surface area contributed by atoms with Gasteiger partial charge >= 0.3 is 0 Å². The van der Waals surface area contributed by atoms with E-state index in [1.165, 1.54) is 6.07 Å². The van der Waals surface area contributed by atoms with Gasteiger partial charge in [0.15, 0.2) is 0 Å². The fourth-order valence-electron chi connectivity index (χ4n) is 3.72. The largest absolute Gasteiger partial charge is 0.340 e. The van der Waals surface area contributed by atoms with E-state index >= 15 is 0 Å². The fraction of sp³-hybridized carbons (Fsp3) is 0.0769. The summed E-state index contributed by atoms with van der Waals surface area (Å²) in [5.41, 5.74) is 3.16. The number of nitriles is 1. The Kier molecular flexibility index (Phi) is 6.50. The van der Waals surface area contributed by atoms with E-state index in [1.54, 1.807) is 42.5 Å². The molecular weight excluding hydrogens is 460 g/mol. The summed E-state index contributed by atoms with van der Waals surface area (Å²) >= 11 is 12.2. The molecule has 0 atom stereocenters. The number of rotatable bonds is 5. The van der Waals surface area contributed by atoms with Gasteiger partial charge in [-0.1, -0.05) is 65.7 Å². The predicted molar refractivity (Wildman–Crippen MR) is 131 cm³/mol. The van der Waals surface area contributed by atoms with Crippen molar-refractivity contribution in [1.29, 1.82) is 5.26 Å². The van der Waals surface area contributed by atoms with Crippen molar-refractivity contribution < 1.29 is 9.18 Å². The third kappa shape index (κ3) is 4.49. The second-order valence-corrected chi connectivity index (χ2v) is 8.20. The minimum atomic E-state index is -0.605. The van der Waals surface area contributed by atoms with E-state index < -0.39 is 5.91 Å². The minimum Gasteiger partial charge on any atom is -0.340 e. The van der Waals surface area contributed by atoms with Crippen molar-refractivity contribution in [3.63, 3.8) is 0 Å². The van der Waals surface area contributed by atoms with Crippen molar-refractivity contribution in [2.75, 3.05) is 5.32 Å². The summed E-state index contributed by atoms with van der Waals surface area (Å²) in [6, 6.07) is 21.0. The molecule has 164 valence electrons. The van der Waals surface area contributed by atoms with Crippen LogP contribution in [-0.2, 0) is 11.3 Å². The first kappa shape index (κ1) is 22.6. The maximum atomic E-state index is 14.3. The maximum absolute atomic E-state index is 14.3. The Morgan fingerprint density at radius 1 is 1.09 bits per heavy atom. The Balaban J connectivity index is 1.76. The van der Waals surface area contributed by atoms with Crippen LogP contribution in [0.4, 0.5) is 10.1 Å². The van der Waals surface area contributed by atoms with Crippen molar-refractivity contribution in [2.24, 2.45) is 0 Å². The van der Waals surface area contributed by atoms with Gasteiger partial charge in [0, 0.05) is 27.7 Å². The van der Waals surface area contributed by atoms with Crippen LogP contribution in [0.3, 0.4) is 0 Å². The first-order valence-electron chi connectivity index (χ1n) is 10.1. The number of nitrogens with one attached hydrogen (secondary N) is 1. The molecule has 4 aromatic rings. The third-order valence-corrected chi connectivity index (χ3v) is 6.24. The first-order chi connectivity index (χ1) is 15.9. The van der Waals surface area contributed by atoms with E-state index in [0.29, 0.717) is 28.4 Å². The average molecular weight is 478 g/mol. The highest BCUT2D eigenvalue weighted by molar-refractivity contribution is 6.44. The Morgan fingerprint density at radius 3 is 2.58 bits per heavy atom. The molecule has 3 aromatic carbocycles. The Morgan fingerprint density at radius 2 is 1.82 bits per heavy atom. The molecule has 0 aliphatic carbocycles. The van der Waals surface area contributed by atoms with Crippen LogP contribution in [0.15, 0.2) is 72.3 Å². The zero-order valence-corrected chi connectivity index (χ0v) is 19.1. The number of benzene rings is 3. The van der Waals surface area contributed by atoms with Gasteiger partial charge in [0.1, 0.15) is 17.5 Å². The number of carbonyl (C=O) groups is 1. The van der Waals surface area contributed by atoms with E-state index in [-0.39, 0.29) is 16.4 Å². The molecule has 4 rings (SSSR count). The Bertz CT molecular complexity index is 1450. The third-order valence-electron chi connectivity index (χ3n) is 5.42. The van der Waals surface area contributed by atoms with Gasteiger partial charge in [0.05, 0.1) is 22.3 Å². The maximum Gasteiger partial charge on any atom is 0.266 e. The summed E-state index contributed by atoms with van der Waals surface area (Å²) < 4.78 is 16.3. The molecule has 7 heteroatoms. The van der Waals surface area contributed by atoms with Gasteiger partial charge < -0.3 is 9.88 Å². The number of carbonyl (C=O) groups excluding carboxylic acids is 1. The molecule has 0 saturated heterocycles. The Labute approximate surface area is 200 Å². The van der Waals surface area contributed by atoms with Gasteiger partial charge in [-0.3, -0.25) is 4.79 Å². The molecule has 1 amide bonds. The molecule has 0 fully saturated rings. The number of amides is 1. The lowest BCUT2D eigenvalue weighted by atomic mass is 10.1. The Hall–Kier alpha value is -3.59. The zero-order chi connectivity index (χ0) is 23.5. The van der Waals surface area contributed by atoms with Crippen LogP contribution in [0.5, 0.6) is 0 Å². The minimum absolute atomic E-state index is 0.0945. The van der Waals surface area contributed by atoms with Gasteiger partial charge in [-0.15, -0.1) is 0 Å². The molecule has 4 nitrogen and oxygen atoms in total. The summed E-state index contributed by atoms with van der Waals surface area (Å²) in [7, 11) is 0. The van der Waals surface area contributed by atoms with Crippen molar-refractivity contribution in [1.82, 2.24) is 4.57 Å². The van der Waals surface area contributed by atoms with Gasteiger partial charge in [-0.05, 0) is 37.3 Å². The number of fused-ring (bicyclic) bond motifs is 1. The van der Waals surface area contributed by atoms with Crippen LogP contribution in [0.25, 0.3) is 17.0 Å². The molecule has 0 unspecified atom stereocenters. The predicted octanol–water partition coefficient (Wildman–Crippen LogP) is 6.99. The lowest BCUT2D eigenvalue weighted by Crippen LogP contribution is -2.14. The molecule has 1 N–H and O–H groups in total. The van der Waals surface area contributed by atoms with E-state index in [9.17, 15) is 14.4 Å². The number of hydrogen-bond acceptors (Lipinski definition) is 2. The van der Waals surface area contributed by atoms with E-state index in [2.05, 4.69) is 5.32 Å². The van der Waals surface area contributed by atoms with E-state index in [4.69, 9.17) is 23.2 Å². The van der Waals surface area contributed by atoms with Crippen LogP contribution in [0.1, 0.15) is 16.8 Å². The summed E-state index contributed by atoms with van der Waals surface area (Å²) in [4.78, 5) is 12.8. The lowest BCUT2D eigenvalue weighted by molar-refractivity contribution is -0.112. The summed E-state index contributed by atoms with van der Waals surface area (Å²) in [6.45, 7) is 2.20. The van der Waals surface area contributed by atoms with Crippen LogP contribution >= 0.6 is 23.2 Å². The number of nitrogens with zero attached hydrogens (tertiary/aromatic N) is 2. The van der Waals surface area contributed by atoms with Gasteiger partial charge in [0.2, 0.25) is 0 Å². The number of hydrogen-bond donors (Lipinski definition) is 1. The van der Waals surface area contributed by atoms with Crippen LogP contribution < -0.4 is 5.32 Å². The van der Waals surface area contributed by atoms with Crippen molar-refractivity contribution in [3.05, 3.63) is 105 Å². The van der Waals surface area contributed by atoms with E-state index in [0.717, 1.165) is 16.6 Å². The number of anilines is 1. The van der Waals surface area contributed by atoms with Crippen LogP contribution in [0.2, 0.25) is 10.0 Å². The zero-order valence-electron chi connectivity index (χ0n) is 17.6. The highest BCUT2D eigenvalue weighted by atomic mass is 35.5. The monoisotopic (exact) mass is 477 g/mol. The van der Waals surface area contributed by atoms with Crippen LogP contribution in [-0.4, -0.2) is 10.5 Å². The molecule has 0 aliphatic rings. The molecular formula is C26H18Cl2FN3O. The summed E-state index contributed by atoms with van der Waals surface area (Å²) in [5, 5.41) is 13.7. The molecule has 0 bridgehead atoms. The van der Waals surface area contributed by atoms with Crippen LogP contribution in [0, 0.1) is 24.1 Å².